The summed E-state index contributed by atoms with van der Waals surface area (Å²) in [5.41, 5.74) is 0. The van der Waals surface area contributed by atoms with Crippen LogP contribution in [0.3, 0.4) is 0 Å². The number of hydrogen-bond acceptors (Lipinski definition) is 2. The summed E-state index contributed by atoms with van der Waals surface area (Å²) in [7, 11) is 2.83. The van der Waals surface area contributed by atoms with Gasteiger partial charge >= 0.3 is 0 Å². The molecule has 0 aliphatic rings. The molecule has 0 aliphatic carbocycles. The maximum Gasteiger partial charge on any atom is 0.206 e. The van der Waals surface area contributed by atoms with Gasteiger partial charge in [-0.1, -0.05) is 6.07 Å². The third-order valence-corrected chi connectivity index (χ3v) is 1.37. The van der Waals surface area contributed by atoms with Crippen LogP contribution in [0.2, 0.25) is 0 Å². The van der Waals surface area contributed by atoms with Gasteiger partial charge in [0.2, 0.25) is 5.82 Å². The Hall–Kier alpha value is -1.25. The maximum atomic E-state index is 13.0. The first-order valence-electron chi connectivity index (χ1n) is 3.16. The molecule has 0 aliphatic heterocycles. The van der Waals surface area contributed by atoms with E-state index in [2.05, 4.69) is 0 Å². The normalized spacial score (nSPS) is 9.36. The van der Waals surface area contributed by atoms with Gasteiger partial charge in [-0.05, 0) is 12.1 Å². The maximum absolute atomic E-state index is 13.0. The molecule has 60 valence electrons. The second-order valence-corrected chi connectivity index (χ2v) is 1.98. The molecule has 0 heterocycles. The molecule has 3 heteroatoms. The van der Waals surface area contributed by atoms with Crippen LogP contribution in [0.25, 0.3) is 0 Å². The van der Waals surface area contributed by atoms with E-state index in [0.29, 0.717) is 0 Å². The Morgan fingerprint density at radius 2 is 1.55 bits per heavy atom. The molecule has 0 radical (unpaired) electrons. The predicted molar refractivity (Wildman–Crippen MR) is 39.5 cm³/mol. The summed E-state index contributed by atoms with van der Waals surface area (Å²) in [6.07, 6.45) is 0. The molecule has 0 amide bonds. The third-order valence-electron chi connectivity index (χ3n) is 1.37. The molecule has 0 fully saturated rings. The molecule has 1 aromatic rings. The summed E-state index contributed by atoms with van der Waals surface area (Å²) in [6.45, 7) is 0. The molecule has 2 nitrogen and oxygen atoms in total. The summed E-state index contributed by atoms with van der Waals surface area (Å²) in [5, 5.41) is 0. The highest BCUT2D eigenvalue weighted by Crippen LogP contribution is 2.25. The van der Waals surface area contributed by atoms with Crippen LogP contribution in [-0.4, -0.2) is 14.2 Å². The van der Waals surface area contributed by atoms with E-state index >= 15 is 0 Å². The first kappa shape index (κ1) is 7.85. The van der Waals surface area contributed by atoms with Crippen molar-refractivity contribution in [2.45, 2.75) is 0 Å². The average Bonchev–Trinajstić information content (AvgIpc) is 2.05. The quantitative estimate of drug-likeness (QED) is 0.650. The van der Waals surface area contributed by atoms with Gasteiger partial charge < -0.3 is 9.47 Å². The lowest BCUT2D eigenvalue weighted by Gasteiger charge is -2.04. The molecular weight excluding hydrogens is 147 g/mol. The minimum atomic E-state index is -0.461. The van der Waals surface area contributed by atoms with E-state index in [0.717, 1.165) is 0 Å². The molecular formula is C8H9FO2. The monoisotopic (exact) mass is 156 g/mol. The lowest BCUT2D eigenvalue weighted by atomic mass is 10.3. The summed E-state index contributed by atoms with van der Waals surface area (Å²) < 4.78 is 22.5. The number of hydrogen-bond donors (Lipinski definition) is 0. The Morgan fingerprint density at radius 3 is 1.91 bits per heavy atom. The summed E-state index contributed by atoms with van der Waals surface area (Å²) in [5.74, 6) is -0.0637. The Balaban J connectivity index is 3.10. The zero-order valence-corrected chi connectivity index (χ0v) is 6.43. The largest absolute Gasteiger partial charge is 0.494 e. The van der Waals surface area contributed by atoms with E-state index in [9.17, 15) is 4.39 Å². The number of ether oxygens (including phenoxy) is 2. The Morgan fingerprint density at radius 1 is 1.09 bits per heavy atom. The van der Waals surface area contributed by atoms with Crippen molar-refractivity contribution in [2.75, 3.05) is 14.2 Å². The minimum Gasteiger partial charge on any atom is -0.494 e. The van der Waals surface area contributed by atoms with Crippen molar-refractivity contribution in [1.82, 2.24) is 0 Å². The van der Waals surface area contributed by atoms with Gasteiger partial charge in [-0.25, -0.2) is 0 Å². The second kappa shape index (κ2) is 3.23. The number of halogens is 1. The summed E-state index contributed by atoms with van der Waals surface area (Å²) >= 11 is 0. The zero-order chi connectivity index (χ0) is 8.27. The van der Waals surface area contributed by atoms with Gasteiger partial charge in [0.05, 0.1) is 14.2 Å². The van der Waals surface area contributed by atoms with E-state index in [-0.39, 0.29) is 11.5 Å². The fourth-order valence-corrected chi connectivity index (χ4v) is 0.806. The molecule has 0 aromatic heterocycles. The van der Waals surface area contributed by atoms with Crippen molar-refractivity contribution in [3.05, 3.63) is 24.0 Å². The minimum absolute atomic E-state index is 0.198. The number of benzene rings is 1. The highest BCUT2D eigenvalue weighted by molar-refractivity contribution is 5.35. The zero-order valence-electron chi connectivity index (χ0n) is 6.43. The van der Waals surface area contributed by atoms with E-state index < -0.39 is 5.82 Å². The van der Waals surface area contributed by atoms with Crippen molar-refractivity contribution >= 4 is 0 Å². The fourth-order valence-electron chi connectivity index (χ4n) is 0.806. The van der Waals surface area contributed by atoms with E-state index in [1.54, 1.807) is 6.07 Å². The Labute approximate surface area is 64.6 Å². The molecule has 0 atom stereocenters. The Kier molecular flexibility index (Phi) is 2.31. The van der Waals surface area contributed by atoms with Crippen LogP contribution in [-0.2, 0) is 0 Å². The van der Waals surface area contributed by atoms with Gasteiger partial charge in [0.25, 0.3) is 0 Å². The molecule has 0 spiro atoms. The topological polar surface area (TPSA) is 18.5 Å². The SMILES string of the molecule is COc1cccc(OC)c1F. The Bertz CT molecular complexity index is 226. The highest BCUT2D eigenvalue weighted by atomic mass is 19.1. The molecule has 0 N–H and O–H groups in total. The van der Waals surface area contributed by atoms with Gasteiger partial charge in [0, 0.05) is 0 Å². The van der Waals surface area contributed by atoms with Crippen LogP contribution in [0.1, 0.15) is 0 Å². The molecule has 11 heavy (non-hydrogen) atoms. The second-order valence-electron chi connectivity index (χ2n) is 1.98. The van der Waals surface area contributed by atoms with E-state index in [4.69, 9.17) is 9.47 Å². The molecule has 1 rings (SSSR count). The van der Waals surface area contributed by atoms with E-state index in [1.807, 2.05) is 0 Å². The molecule has 0 unspecified atom stereocenters. The molecule has 0 saturated carbocycles. The van der Waals surface area contributed by atoms with Gasteiger partial charge in [-0.2, -0.15) is 4.39 Å². The van der Waals surface area contributed by atoms with Crippen molar-refractivity contribution in [3.8, 4) is 11.5 Å². The van der Waals surface area contributed by atoms with Gasteiger partial charge in [-0.15, -0.1) is 0 Å². The highest BCUT2D eigenvalue weighted by Gasteiger charge is 2.06. The standard InChI is InChI=1S/C8H9FO2/c1-10-6-4-3-5-7(11-2)8(6)9/h3-5H,1-2H3. The predicted octanol–water partition coefficient (Wildman–Crippen LogP) is 1.84. The van der Waals surface area contributed by atoms with Crippen molar-refractivity contribution < 1.29 is 13.9 Å². The van der Waals surface area contributed by atoms with Crippen LogP contribution >= 0.6 is 0 Å². The van der Waals surface area contributed by atoms with Gasteiger partial charge in [0.15, 0.2) is 11.5 Å². The first-order chi connectivity index (χ1) is 5.29. The average molecular weight is 156 g/mol. The van der Waals surface area contributed by atoms with Crippen molar-refractivity contribution in [3.63, 3.8) is 0 Å². The lowest BCUT2D eigenvalue weighted by molar-refractivity contribution is 0.350. The first-order valence-corrected chi connectivity index (χ1v) is 3.16. The summed E-state index contributed by atoms with van der Waals surface area (Å²) in [4.78, 5) is 0. The van der Waals surface area contributed by atoms with Crippen molar-refractivity contribution in [1.29, 1.82) is 0 Å². The van der Waals surface area contributed by atoms with Gasteiger partial charge in [0.1, 0.15) is 0 Å². The van der Waals surface area contributed by atoms with Crippen LogP contribution in [0.15, 0.2) is 18.2 Å². The van der Waals surface area contributed by atoms with Crippen LogP contribution < -0.4 is 9.47 Å². The molecule has 0 saturated heterocycles. The third kappa shape index (κ3) is 1.42. The molecule has 0 bridgehead atoms. The van der Waals surface area contributed by atoms with Crippen LogP contribution in [0.5, 0.6) is 11.5 Å². The van der Waals surface area contributed by atoms with E-state index in [1.165, 1.54) is 26.4 Å². The number of rotatable bonds is 2. The summed E-state index contributed by atoms with van der Waals surface area (Å²) in [6, 6.07) is 4.75. The lowest BCUT2D eigenvalue weighted by Crippen LogP contribution is -1.91. The van der Waals surface area contributed by atoms with Crippen LogP contribution in [0, 0.1) is 5.82 Å². The fraction of sp³-hybridized carbons (Fsp3) is 0.250. The van der Waals surface area contributed by atoms with Crippen molar-refractivity contribution in [2.24, 2.45) is 0 Å². The molecule has 1 aromatic carbocycles. The smallest absolute Gasteiger partial charge is 0.206 e. The van der Waals surface area contributed by atoms with Crippen LogP contribution in [0.4, 0.5) is 4.39 Å². The number of methoxy groups -OCH3 is 2. The van der Waals surface area contributed by atoms with Gasteiger partial charge in [-0.3, -0.25) is 0 Å².